The lowest BCUT2D eigenvalue weighted by molar-refractivity contribution is -0.169. The summed E-state index contributed by atoms with van der Waals surface area (Å²) < 4.78 is 4.60. The van der Waals surface area contributed by atoms with Crippen LogP contribution in [0.2, 0.25) is 0 Å². The zero-order valence-electron chi connectivity index (χ0n) is 9.52. The largest absolute Gasteiger partial charge is 0.464 e. The molecule has 0 aromatic rings. The van der Waals surface area contributed by atoms with E-state index in [-0.39, 0.29) is 12.9 Å². The average Bonchev–Trinajstić information content (AvgIpc) is 2.35. The number of unbranched alkanes of at least 4 members (excludes halogenated alkanes) is 1. The first-order valence-corrected chi connectivity index (χ1v) is 5.29. The summed E-state index contributed by atoms with van der Waals surface area (Å²) in [6, 6.07) is 0. The molecule has 0 spiro atoms. The minimum absolute atomic E-state index is 0.0109. The Morgan fingerprint density at radius 1 is 1.24 bits per heavy atom. The van der Waals surface area contributed by atoms with Crippen molar-refractivity contribution in [1.82, 2.24) is 0 Å². The maximum atomic E-state index is 11.2. The van der Waals surface area contributed by atoms with Gasteiger partial charge in [-0.25, -0.2) is 4.79 Å². The molecule has 4 atom stereocenters. The lowest BCUT2D eigenvalue weighted by Crippen LogP contribution is -2.48. The van der Waals surface area contributed by atoms with Gasteiger partial charge in [0.25, 0.3) is 0 Å². The highest BCUT2D eigenvalue weighted by Gasteiger charge is 2.35. The van der Waals surface area contributed by atoms with E-state index in [1.807, 2.05) is 6.92 Å². The monoisotopic (exact) mass is 250 g/mol. The fraction of sp³-hybridized carbons (Fsp3) is 0.800. The van der Waals surface area contributed by atoms with Crippen molar-refractivity contribution in [1.29, 1.82) is 0 Å². The molecule has 0 aliphatic carbocycles. The number of carbonyl (C=O) groups excluding carboxylic acids is 2. The van der Waals surface area contributed by atoms with E-state index >= 15 is 0 Å². The van der Waals surface area contributed by atoms with Crippen molar-refractivity contribution in [3.63, 3.8) is 0 Å². The molecule has 0 heterocycles. The predicted molar refractivity (Wildman–Crippen MR) is 56.0 cm³/mol. The fourth-order valence-electron chi connectivity index (χ4n) is 1.01. The summed E-state index contributed by atoms with van der Waals surface area (Å²) in [7, 11) is 0. The number of aliphatic hydroxyl groups excluding tert-OH is 4. The van der Waals surface area contributed by atoms with Gasteiger partial charge in [-0.1, -0.05) is 13.3 Å². The molecule has 0 bridgehead atoms. The van der Waals surface area contributed by atoms with Crippen molar-refractivity contribution in [2.75, 3.05) is 6.61 Å². The van der Waals surface area contributed by atoms with E-state index in [0.29, 0.717) is 6.42 Å². The van der Waals surface area contributed by atoms with Crippen LogP contribution in [0.5, 0.6) is 0 Å². The second kappa shape index (κ2) is 8.13. The standard InChI is InChI=1S/C10H18O7/c1-2-3-4-17-10(16)9(15)8(14)7(13)6(12)5-11/h5-9,12-15H,2-4H2,1H3. The highest BCUT2D eigenvalue weighted by molar-refractivity contribution is 5.75. The second-order valence-electron chi connectivity index (χ2n) is 3.57. The highest BCUT2D eigenvalue weighted by atomic mass is 16.5. The molecule has 17 heavy (non-hydrogen) atoms. The Kier molecular flexibility index (Phi) is 7.64. The molecule has 0 rings (SSSR count). The van der Waals surface area contributed by atoms with Gasteiger partial charge < -0.3 is 30.0 Å². The lowest BCUT2D eigenvalue weighted by Gasteiger charge is -2.22. The number of hydrogen-bond donors (Lipinski definition) is 4. The average molecular weight is 250 g/mol. The van der Waals surface area contributed by atoms with E-state index in [4.69, 9.17) is 5.11 Å². The van der Waals surface area contributed by atoms with Gasteiger partial charge in [0.2, 0.25) is 0 Å². The third-order valence-corrected chi connectivity index (χ3v) is 2.15. The van der Waals surface area contributed by atoms with E-state index in [1.54, 1.807) is 0 Å². The molecular weight excluding hydrogens is 232 g/mol. The van der Waals surface area contributed by atoms with Gasteiger partial charge in [0, 0.05) is 0 Å². The Balaban J connectivity index is 4.23. The van der Waals surface area contributed by atoms with Gasteiger partial charge in [-0.2, -0.15) is 0 Å². The van der Waals surface area contributed by atoms with Crippen LogP contribution in [0.4, 0.5) is 0 Å². The maximum Gasteiger partial charge on any atom is 0.337 e. The number of ether oxygens (including phenoxy) is 1. The van der Waals surface area contributed by atoms with Gasteiger partial charge in [-0.05, 0) is 6.42 Å². The maximum absolute atomic E-state index is 11.2. The molecule has 7 nitrogen and oxygen atoms in total. The molecule has 4 N–H and O–H groups in total. The van der Waals surface area contributed by atoms with Crippen molar-refractivity contribution in [3.05, 3.63) is 0 Å². The molecular formula is C10H18O7. The molecule has 0 aromatic heterocycles. The Hall–Kier alpha value is -1.02. The lowest BCUT2D eigenvalue weighted by atomic mass is 10.0. The molecule has 7 heteroatoms. The number of aldehydes is 1. The summed E-state index contributed by atoms with van der Waals surface area (Å²) in [5.41, 5.74) is 0. The molecule has 0 aliphatic heterocycles. The van der Waals surface area contributed by atoms with Crippen LogP contribution in [0.25, 0.3) is 0 Å². The van der Waals surface area contributed by atoms with Crippen molar-refractivity contribution in [2.24, 2.45) is 0 Å². The van der Waals surface area contributed by atoms with Gasteiger partial charge >= 0.3 is 5.97 Å². The van der Waals surface area contributed by atoms with Crippen LogP contribution in [0.1, 0.15) is 19.8 Å². The van der Waals surface area contributed by atoms with Crippen LogP contribution in [0.3, 0.4) is 0 Å². The molecule has 0 aromatic carbocycles. The van der Waals surface area contributed by atoms with E-state index in [9.17, 15) is 24.9 Å². The molecule has 100 valence electrons. The third kappa shape index (κ3) is 5.22. The van der Waals surface area contributed by atoms with Crippen molar-refractivity contribution < 1.29 is 34.8 Å². The Labute approximate surface area is 98.6 Å². The van der Waals surface area contributed by atoms with Gasteiger partial charge in [0.05, 0.1) is 6.61 Å². The minimum atomic E-state index is -2.00. The summed E-state index contributed by atoms with van der Waals surface area (Å²) in [6.07, 6.45) is -6.42. The summed E-state index contributed by atoms with van der Waals surface area (Å²) >= 11 is 0. The van der Waals surface area contributed by atoms with Crippen LogP contribution in [-0.4, -0.2) is 63.7 Å². The minimum Gasteiger partial charge on any atom is -0.464 e. The van der Waals surface area contributed by atoms with Crippen molar-refractivity contribution >= 4 is 12.3 Å². The van der Waals surface area contributed by atoms with Gasteiger partial charge in [-0.15, -0.1) is 0 Å². The molecule has 0 saturated carbocycles. The zero-order valence-corrected chi connectivity index (χ0v) is 9.52. The van der Waals surface area contributed by atoms with E-state index in [0.717, 1.165) is 6.42 Å². The van der Waals surface area contributed by atoms with Crippen molar-refractivity contribution in [3.8, 4) is 0 Å². The van der Waals surface area contributed by atoms with Gasteiger partial charge in [-0.3, -0.25) is 0 Å². The molecule has 0 aliphatic rings. The SMILES string of the molecule is CCCCOC(=O)C(O)C(O)C(O)C(O)C=O. The van der Waals surface area contributed by atoms with Crippen molar-refractivity contribution in [2.45, 2.75) is 44.2 Å². The molecule has 0 fully saturated rings. The Morgan fingerprint density at radius 3 is 2.29 bits per heavy atom. The molecule has 0 saturated heterocycles. The number of rotatable bonds is 8. The quantitative estimate of drug-likeness (QED) is 0.222. The fourth-order valence-corrected chi connectivity index (χ4v) is 1.01. The topological polar surface area (TPSA) is 124 Å². The third-order valence-electron chi connectivity index (χ3n) is 2.15. The summed E-state index contributed by atoms with van der Waals surface area (Å²) in [5, 5.41) is 36.7. The van der Waals surface area contributed by atoms with Crippen LogP contribution >= 0.6 is 0 Å². The summed E-state index contributed by atoms with van der Waals surface area (Å²) in [5.74, 6) is -1.11. The number of esters is 1. The first-order valence-electron chi connectivity index (χ1n) is 5.29. The molecule has 0 amide bonds. The number of carbonyl (C=O) groups is 2. The number of hydrogen-bond acceptors (Lipinski definition) is 7. The normalized spacial score (nSPS) is 17.9. The second-order valence-corrected chi connectivity index (χ2v) is 3.57. The smallest absolute Gasteiger partial charge is 0.337 e. The predicted octanol–water partition coefficient (Wildman–Crippen LogP) is -2.03. The van der Waals surface area contributed by atoms with Gasteiger partial charge in [0.15, 0.2) is 12.4 Å². The number of aliphatic hydroxyl groups is 4. The van der Waals surface area contributed by atoms with E-state index < -0.39 is 30.4 Å². The van der Waals surface area contributed by atoms with E-state index in [2.05, 4.69) is 4.74 Å². The summed E-state index contributed by atoms with van der Waals surface area (Å²) in [4.78, 5) is 21.3. The van der Waals surface area contributed by atoms with Gasteiger partial charge in [0.1, 0.15) is 18.3 Å². The van der Waals surface area contributed by atoms with E-state index in [1.165, 1.54) is 0 Å². The first-order chi connectivity index (χ1) is 7.95. The Bertz CT molecular complexity index is 243. The van der Waals surface area contributed by atoms with Crippen LogP contribution in [0.15, 0.2) is 0 Å². The molecule has 4 unspecified atom stereocenters. The Morgan fingerprint density at radius 2 is 1.82 bits per heavy atom. The van der Waals surface area contributed by atoms with Crippen LogP contribution in [-0.2, 0) is 14.3 Å². The molecule has 0 radical (unpaired) electrons. The van der Waals surface area contributed by atoms with Crippen LogP contribution < -0.4 is 0 Å². The highest BCUT2D eigenvalue weighted by Crippen LogP contribution is 2.06. The zero-order chi connectivity index (χ0) is 13.4. The van der Waals surface area contributed by atoms with Crippen LogP contribution in [0, 0.1) is 0 Å². The first kappa shape index (κ1) is 16.0. The summed E-state index contributed by atoms with van der Waals surface area (Å²) in [6.45, 7) is 1.97.